The third kappa shape index (κ3) is 5.18. The highest BCUT2D eigenvalue weighted by molar-refractivity contribution is 7.98. The normalized spacial score (nSPS) is 16.3. The van der Waals surface area contributed by atoms with E-state index in [2.05, 4.69) is 46.3 Å². The lowest BCUT2D eigenvalue weighted by Crippen LogP contribution is -2.49. The first-order valence-electron chi connectivity index (χ1n) is 11.9. The molecule has 3 heterocycles. The first kappa shape index (κ1) is 22.6. The highest BCUT2D eigenvalue weighted by Crippen LogP contribution is 2.41. The van der Waals surface area contributed by atoms with Gasteiger partial charge in [-0.2, -0.15) is 0 Å². The second-order valence-corrected chi connectivity index (χ2v) is 10.8. The third-order valence-corrected chi connectivity index (χ3v) is 8.51. The van der Waals surface area contributed by atoms with Crippen LogP contribution in [-0.4, -0.2) is 60.0 Å². The topological polar surface area (TPSA) is 61.4 Å². The predicted molar refractivity (Wildman–Crippen MR) is 137 cm³/mol. The second kappa shape index (κ2) is 10.4. The maximum atomic E-state index is 12.1. The largest absolute Gasteiger partial charge is 0.355 e. The molecular weight excluding hydrogens is 450 g/mol. The van der Waals surface area contributed by atoms with Gasteiger partial charge >= 0.3 is 0 Å². The summed E-state index contributed by atoms with van der Waals surface area (Å²) in [6, 6.07) is 10.5. The SMILES string of the molecule is CCCNC(=O)CN1CCN(c2nc(CSc3ccccc3)nc3sc4c(c23)CCC4)CC1. The number of nitrogens with zero attached hydrogens (tertiary/aromatic N) is 4. The Balaban J connectivity index is 1.34. The Hall–Kier alpha value is -2.16. The van der Waals surface area contributed by atoms with Gasteiger partial charge in [-0.05, 0) is 43.4 Å². The van der Waals surface area contributed by atoms with Crippen LogP contribution in [0.4, 0.5) is 5.82 Å². The molecule has 1 N–H and O–H groups in total. The van der Waals surface area contributed by atoms with Gasteiger partial charge in [0.1, 0.15) is 16.5 Å². The number of carbonyl (C=O) groups is 1. The molecule has 3 aromatic rings. The molecule has 0 spiro atoms. The summed E-state index contributed by atoms with van der Waals surface area (Å²) in [5.41, 5.74) is 1.48. The number of hydrogen-bond acceptors (Lipinski definition) is 7. The van der Waals surface area contributed by atoms with Crippen molar-refractivity contribution >= 4 is 45.0 Å². The minimum absolute atomic E-state index is 0.130. The zero-order chi connectivity index (χ0) is 22.6. The van der Waals surface area contributed by atoms with Gasteiger partial charge in [0.25, 0.3) is 0 Å². The molecule has 0 radical (unpaired) electrons. The van der Waals surface area contributed by atoms with Crippen LogP contribution < -0.4 is 10.2 Å². The molecule has 1 aliphatic carbocycles. The van der Waals surface area contributed by atoms with Crippen LogP contribution in [0.5, 0.6) is 0 Å². The van der Waals surface area contributed by atoms with E-state index in [9.17, 15) is 4.79 Å². The smallest absolute Gasteiger partial charge is 0.234 e. The molecular formula is C25H31N5OS2. The zero-order valence-corrected chi connectivity index (χ0v) is 20.8. The second-order valence-electron chi connectivity index (χ2n) is 8.72. The Kier molecular flexibility index (Phi) is 7.13. The van der Waals surface area contributed by atoms with E-state index < -0.39 is 0 Å². The molecule has 33 heavy (non-hydrogen) atoms. The van der Waals surface area contributed by atoms with Gasteiger partial charge in [0.05, 0.1) is 17.7 Å². The van der Waals surface area contributed by atoms with Gasteiger partial charge in [-0.3, -0.25) is 9.69 Å². The lowest BCUT2D eigenvalue weighted by molar-refractivity contribution is -0.122. The minimum Gasteiger partial charge on any atom is -0.355 e. The third-order valence-electron chi connectivity index (χ3n) is 6.31. The number of nitrogens with one attached hydrogen (secondary N) is 1. The molecule has 1 amide bonds. The summed E-state index contributed by atoms with van der Waals surface area (Å²) in [6.45, 7) is 6.86. The number of anilines is 1. The van der Waals surface area contributed by atoms with Gasteiger partial charge in [-0.25, -0.2) is 9.97 Å². The van der Waals surface area contributed by atoms with Gasteiger partial charge in [0.2, 0.25) is 5.91 Å². The van der Waals surface area contributed by atoms with E-state index in [4.69, 9.17) is 9.97 Å². The molecule has 0 bridgehead atoms. The van der Waals surface area contributed by atoms with E-state index >= 15 is 0 Å². The quantitative estimate of drug-likeness (QED) is 0.489. The van der Waals surface area contributed by atoms with Gasteiger partial charge in [0, 0.05) is 42.5 Å². The van der Waals surface area contributed by atoms with Crippen LogP contribution in [0.3, 0.4) is 0 Å². The van der Waals surface area contributed by atoms with Gasteiger partial charge in [-0.1, -0.05) is 25.1 Å². The van der Waals surface area contributed by atoms with E-state index in [-0.39, 0.29) is 5.91 Å². The highest BCUT2D eigenvalue weighted by atomic mass is 32.2. The Morgan fingerprint density at radius 1 is 1.12 bits per heavy atom. The van der Waals surface area contributed by atoms with Crippen LogP contribution in [0.1, 0.15) is 36.0 Å². The number of piperazine rings is 1. The maximum absolute atomic E-state index is 12.1. The molecule has 0 saturated carbocycles. The predicted octanol–water partition coefficient (Wildman–Crippen LogP) is 4.12. The molecule has 1 fully saturated rings. The number of thiophene rings is 1. The molecule has 0 atom stereocenters. The van der Waals surface area contributed by atoms with Crippen molar-refractivity contribution in [2.75, 3.05) is 44.2 Å². The standard InChI is InChI=1S/C25H31N5OS2/c1-2-11-26-22(31)16-29-12-14-30(15-13-29)24-23-19-9-6-10-20(19)33-25(23)28-21(27-24)17-32-18-7-4-3-5-8-18/h3-5,7-8H,2,6,9-17H2,1H3,(H,26,31). The number of rotatable bonds is 8. The maximum Gasteiger partial charge on any atom is 0.234 e. The minimum atomic E-state index is 0.130. The van der Waals surface area contributed by atoms with E-state index in [1.807, 2.05) is 17.4 Å². The summed E-state index contributed by atoms with van der Waals surface area (Å²) in [6.07, 6.45) is 4.52. The molecule has 8 heteroatoms. The van der Waals surface area contributed by atoms with Crippen molar-refractivity contribution in [1.82, 2.24) is 20.2 Å². The van der Waals surface area contributed by atoms with Gasteiger partial charge in [0.15, 0.2) is 0 Å². The Morgan fingerprint density at radius 2 is 1.94 bits per heavy atom. The fourth-order valence-electron chi connectivity index (χ4n) is 4.62. The number of hydrogen-bond donors (Lipinski definition) is 1. The van der Waals surface area contributed by atoms with Crippen molar-refractivity contribution < 1.29 is 4.79 Å². The fraction of sp³-hybridized carbons (Fsp3) is 0.480. The van der Waals surface area contributed by atoms with E-state index in [1.54, 1.807) is 11.8 Å². The molecule has 1 aliphatic heterocycles. The van der Waals surface area contributed by atoms with Crippen LogP contribution in [0.15, 0.2) is 35.2 Å². The van der Waals surface area contributed by atoms with Crippen molar-refractivity contribution in [3.63, 3.8) is 0 Å². The summed E-state index contributed by atoms with van der Waals surface area (Å²) in [5.74, 6) is 2.92. The molecule has 6 nitrogen and oxygen atoms in total. The zero-order valence-electron chi connectivity index (χ0n) is 19.2. The molecule has 1 aromatic carbocycles. The molecule has 2 aliphatic rings. The average molecular weight is 482 g/mol. The first-order valence-corrected chi connectivity index (χ1v) is 13.7. The number of carbonyl (C=O) groups excluding carboxylic acids is 1. The number of thioether (sulfide) groups is 1. The van der Waals surface area contributed by atoms with Gasteiger partial charge < -0.3 is 10.2 Å². The van der Waals surface area contributed by atoms with Crippen molar-refractivity contribution in [3.05, 3.63) is 46.6 Å². The monoisotopic (exact) mass is 481 g/mol. The number of benzene rings is 1. The van der Waals surface area contributed by atoms with E-state index in [0.717, 1.165) is 67.8 Å². The summed E-state index contributed by atoms with van der Waals surface area (Å²) >= 11 is 3.66. The highest BCUT2D eigenvalue weighted by Gasteiger charge is 2.27. The molecule has 174 valence electrons. The molecule has 0 unspecified atom stereocenters. The van der Waals surface area contributed by atoms with Crippen LogP contribution in [0, 0.1) is 0 Å². The number of aromatic nitrogens is 2. The lowest BCUT2D eigenvalue weighted by Gasteiger charge is -2.35. The van der Waals surface area contributed by atoms with Crippen LogP contribution in [-0.2, 0) is 23.4 Å². The van der Waals surface area contributed by atoms with Crippen molar-refractivity contribution in [1.29, 1.82) is 0 Å². The Bertz CT molecular complexity index is 1110. The van der Waals surface area contributed by atoms with E-state index in [1.165, 1.54) is 33.6 Å². The summed E-state index contributed by atoms with van der Waals surface area (Å²) in [7, 11) is 0. The molecule has 1 saturated heterocycles. The number of fused-ring (bicyclic) bond motifs is 3. The van der Waals surface area contributed by atoms with Crippen molar-refractivity contribution in [2.24, 2.45) is 0 Å². The van der Waals surface area contributed by atoms with E-state index in [0.29, 0.717) is 6.54 Å². The summed E-state index contributed by atoms with van der Waals surface area (Å²) < 4.78 is 0. The van der Waals surface area contributed by atoms with Crippen molar-refractivity contribution in [2.45, 2.75) is 43.3 Å². The number of amides is 1. The van der Waals surface area contributed by atoms with Gasteiger partial charge in [-0.15, -0.1) is 23.1 Å². The summed E-state index contributed by atoms with van der Waals surface area (Å²) in [4.78, 5) is 30.8. The Morgan fingerprint density at radius 3 is 2.73 bits per heavy atom. The Labute approximate surface area is 203 Å². The lowest BCUT2D eigenvalue weighted by atomic mass is 10.1. The molecule has 2 aromatic heterocycles. The summed E-state index contributed by atoms with van der Waals surface area (Å²) in [5, 5.41) is 4.28. The van der Waals surface area contributed by atoms with Crippen LogP contribution in [0.2, 0.25) is 0 Å². The van der Waals surface area contributed by atoms with Crippen molar-refractivity contribution in [3.8, 4) is 0 Å². The average Bonchev–Trinajstić information content (AvgIpc) is 3.43. The molecule has 5 rings (SSSR count). The number of aryl methyl sites for hydroxylation is 2. The first-order chi connectivity index (χ1) is 16.2. The van der Waals surface area contributed by atoms with Crippen LogP contribution >= 0.6 is 23.1 Å². The fourth-order valence-corrected chi connectivity index (χ4v) is 6.67. The van der Waals surface area contributed by atoms with Crippen LogP contribution in [0.25, 0.3) is 10.2 Å².